The van der Waals surface area contributed by atoms with Crippen molar-refractivity contribution in [1.82, 2.24) is 0 Å². The second kappa shape index (κ2) is 8.11. The van der Waals surface area contributed by atoms with E-state index in [1.54, 1.807) is 11.8 Å². The monoisotopic (exact) mass is 372 g/mol. The molecule has 0 atom stereocenters. The fourth-order valence-electron chi connectivity index (χ4n) is 3.93. The number of nitrogens with zero attached hydrogens (tertiary/aromatic N) is 2. The van der Waals surface area contributed by atoms with Crippen LogP contribution >= 0.6 is 0 Å². The van der Waals surface area contributed by atoms with Gasteiger partial charge in [-0.15, -0.1) is 0 Å². The molecule has 0 aromatic heterocycles. The van der Waals surface area contributed by atoms with Gasteiger partial charge in [0.2, 0.25) is 11.8 Å². The molecular weight excluding hydrogens is 344 g/mol. The Kier molecular flexibility index (Phi) is 5.82. The molecule has 6 heteroatoms. The SMILES string of the molecule is CCOC(=O)CN1C(=O)CN(C(=O)C2CCCCC2)c2cc(C)c(C)cc21. The van der Waals surface area contributed by atoms with Crippen molar-refractivity contribution >= 4 is 29.2 Å². The number of anilines is 2. The minimum Gasteiger partial charge on any atom is -0.465 e. The summed E-state index contributed by atoms with van der Waals surface area (Å²) >= 11 is 0. The third-order valence-electron chi connectivity index (χ3n) is 5.58. The first kappa shape index (κ1) is 19.4. The Labute approximate surface area is 160 Å². The van der Waals surface area contributed by atoms with Crippen molar-refractivity contribution in [1.29, 1.82) is 0 Å². The van der Waals surface area contributed by atoms with Crippen molar-refractivity contribution < 1.29 is 19.1 Å². The molecule has 0 N–H and O–H groups in total. The van der Waals surface area contributed by atoms with Crippen LogP contribution in [0.2, 0.25) is 0 Å². The lowest BCUT2D eigenvalue weighted by molar-refractivity contribution is -0.142. The van der Waals surface area contributed by atoms with Crippen LogP contribution in [0.3, 0.4) is 0 Å². The van der Waals surface area contributed by atoms with E-state index in [1.807, 2.05) is 26.0 Å². The lowest BCUT2D eigenvalue weighted by Crippen LogP contribution is -2.51. The molecule has 146 valence electrons. The second-order valence-corrected chi connectivity index (χ2v) is 7.47. The van der Waals surface area contributed by atoms with E-state index in [9.17, 15) is 14.4 Å². The van der Waals surface area contributed by atoms with Gasteiger partial charge in [-0.2, -0.15) is 0 Å². The summed E-state index contributed by atoms with van der Waals surface area (Å²) < 4.78 is 5.02. The average Bonchev–Trinajstić information content (AvgIpc) is 2.66. The van der Waals surface area contributed by atoms with Gasteiger partial charge in [0.1, 0.15) is 13.1 Å². The van der Waals surface area contributed by atoms with E-state index in [2.05, 4.69) is 0 Å². The van der Waals surface area contributed by atoms with E-state index in [0.717, 1.165) is 42.5 Å². The normalized spacial score (nSPS) is 17.7. The van der Waals surface area contributed by atoms with Crippen molar-refractivity contribution in [2.75, 3.05) is 29.5 Å². The van der Waals surface area contributed by atoms with Gasteiger partial charge >= 0.3 is 5.97 Å². The molecule has 6 nitrogen and oxygen atoms in total. The summed E-state index contributed by atoms with van der Waals surface area (Å²) in [5, 5.41) is 0. The highest BCUT2D eigenvalue weighted by atomic mass is 16.5. The number of carbonyl (C=O) groups is 3. The van der Waals surface area contributed by atoms with Crippen molar-refractivity contribution in [3.8, 4) is 0 Å². The van der Waals surface area contributed by atoms with Gasteiger partial charge in [-0.25, -0.2) is 0 Å². The molecule has 2 amide bonds. The van der Waals surface area contributed by atoms with Crippen molar-refractivity contribution in [3.63, 3.8) is 0 Å². The molecule has 27 heavy (non-hydrogen) atoms. The molecule has 1 saturated carbocycles. The van der Waals surface area contributed by atoms with E-state index in [4.69, 9.17) is 4.74 Å². The predicted octanol–water partition coefficient (Wildman–Crippen LogP) is 3.13. The molecule has 1 aliphatic heterocycles. The van der Waals surface area contributed by atoms with Crippen molar-refractivity contribution in [3.05, 3.63) is 23.3 Å². The molecule has 0 saturated heterocycles. The van der Waals surface area contributed by atoms with Crippen LogP contribution in [0.15, 0.2) is 12.1 Å². The number of hydrogen-bond acceptors (Lipinski definition) is 4. The maximum absolute atomic E-state index is 13.2. The third kappa shape index (κ3) is 3.99. The molecule has 1 aliphatic carbocycles. The van der Waals surface area contributed by atoms with Crippen LogP contribution in [0.25, 0.3) is 0 Å². The minimum absolute atomic E-state index is 0.0161. The number of amides is 2. The predicted molar refractivity (Wildman–Crippen MR) is 104 cm³/mol. The zero-order valence-electron chi connectivity index (χ0n) is 16.4. The molecule has 1 aromatic carbocycles. The average molecular weight is 372 g/mol. The number of fused-ring (bicyclic) bond motifs is 1. The standard InChI is InChI=1S/C21H28N2O4/c1-4-27-20(25)13-22-17-10-14(2)15(3)11-18(17)23(12-19(22)24)21(26)16-8-6-5-7-9-16/h10-11,16H,4-9,12-13H2,1-3H3. The number of hydrogen-bond donors (Lipinski definition) is 0. The highest BCUT2D eigenvalue weighted by molar-refractivity contribution is 6.13. The lowest BCUT2D eigenvalue weighted by Gasteiger charge is -2.38. The topological polar surface area (TPSA) is 66.9 Å². The Hall–Kier alpha value is -2.37. The number of ether oxygens (including phenoxy) is 1. The lowest BCUT2D eigenvalue weighted by atomic mass is 9.88. The van der Waals surface area contributed by atoms with Crippen LogP contribution in [0.4, 0.5) is 11.4 Å². The minimum atomic E-state index is -0.443. The molecule has 0 spiro atoms. The number of aryl methyl sites for hydroxylation is 2. The number of rotatable bonds is 4. The van der Waals surface area contributed by atoms with Crippen LogP contribution < -0.4 is 9.80 Å². The molecule has 1 fully saturated rings. The van der Waals surface area contributed by atoms with Gasteiger partial charge in [0.25, 0.3) is 0 Å². The first-order valence-electron chi connectivity index (χ1n) is 9.81. The van der Waals surface area contributed by atoms with E-state index in [0.29, 0.717) is 5.69 Å². The van der Waals surface area contributed by atoms with E-state index in [1.165, 1.54) is 11.3 Å². The summed E-state index contributed by atoms with van der Waals surface area (Å²) in [5.74, 6) is -0.675. The molecule has 2 aliphatic rings. The Balaban J connectivity index is 1.96. The fourth-order valence-corrected chi connectivity index (χ4v) is 3.93. The van der Waals surface area contributed by atoms with Crippen LogP contribution in [0, 0.1) is 19.8 Å². The number of benzene rings is 1. The smallest absolute Gasteiger partial charge is 0.326 e. The van der Waals surface area contributed by atoms with Crippen LogP contribution in [-0.2, 0) is 19.1 Å². The molecule has 1 aromatic rings. The molecular formula is C21H28N2O4. The van der Waals surface area contributed by atoms with Crippen LogP contribution in [0.5, 0.6) is 0 Å². The molecule has 0 unspecified atom stereocenters. The summed E-state index contributed by atoms with van der Waals surface area (Å²) in [6.07, 6.45) is 5.07. The molecule has 0 radical (unpaired) electrons. The zero-order chi connectivity index (χ0) is 19.6. The van der Waals surface area contributed by atoms with Crippen molar-refractivity contribution in [2.24, 2.45) is 5.92 Å². The summed E-state index contributed by atoms with van der Waals surface area (Å²) in [6, 6.07) is 3.85. The summed E-state index contributed by atoms with van der Waals surface area (Å²) in [7, 11) is 0. The third-order valence-corrected chi connectivity index (χ3v) is 5.58. The number of carbonyl (C=O) groups excluding carboxylic acids is 3. The molecule has 1 heterocycles. The first-order valence-corrected chi connectivity index (χ1v) is 9.81. The first-order chi connectivity index (χ1) is 12.9. The van der Waals surface area contributed by atoms with Gasteiger partial charge in [0.05, 0.1) is 18.0 Å². The van der Waals surface area contributed by atoms with Gasteiger partial charge in [0.15, 0.2) is 0 Å². The second-order valence-electron chi connectivity index (χ2n) is 7.47. The van der Waals surface area contributed by atoms with Gasteiger partial charge in [-0.05, 0) is 56.9 Å². The van der Waals surface area contributed by atoms with Gasteiger partial charge in [-0.3, -0.25) is 19.3 Å². The van der Waals surface area contributed by atoms with Gasteiger partial charge in [0, 0.05) is 5.92 Å². The Morgan fingerprint density at radius 2 is 1.70 bits per heavy atom. The quantitative estimate of drug-likeness (QED) is 0.762. The fraction of sp³-hybridized carbons (Fsp3) is 0.571. The van der Waals surface area contributed by atoms with Crippen LogP contribution in [0.1, 0.15) is 50.2 Å². The molecule has 3 rings (SSSR count). The largest absolute Gasteiger partial charge is 0.465 e. The van der Waals surface area contributed by atoms with Crippen LogP contribution in [-0.4, -0.2) is 37.5 Å². The summed E-state index contributed by atoms with van der Waals surface area (Å²) in [6.45, 7) is 5.81. The maximum atomic E-state index is 13.2. The summed E-state index contributed by atoms with van der Waals surface area (Å²) in [4.78, 5) is 41.0. The summed E-state index contributed by atoms with van der Waals surface area (Å²) in [5.41, 5.74) is 3.41. The van der Waals surface area contributed by atoms with E-state index < -0.39 is 5.97 Å². The highest BCUT2D eigenvalue weighted by Crippen LogP contribution is 2.38. The Morgan fingerprint density at radius 3 is 2.33 bits per heavy atom. The maximum Gasteiger partial charge on any atom is 0.326 e. The van der Waals surface area contributed by atoms with E-state index >= 15 is 0 Å². The molecule has 0 bridgehead atoms. The Bertz CT molecular complexity index is 753. The van der Waals surface area contributed by atoms with Gasteiger partial charge < -0.3 is 9.64 Å². The Morgan fingerprint density at radius 1 is 1.07 bits per heavy atom. The zero-order valence-corrected chi connectivity index (χ0v) is 16.4. The van der Waals surface area contributed by atoms with E-state index in [-0.39, 0.29) is 37.4 Å². The van der Waals surface area contributed by atoms with Gasteiger partial charge in [-0.1, -0.05) is 19.3 Å². The van der Waals surface area contributed by atoms with Crippen molar-refractivity contribution in [2.45, 2.75) is 52.9 Å². The number of esters is 1. The highest BCUT2D eigenvalue weighted by Gasteiger charge is 2.37.